The van der Waals surface area contributed by atoms with Gasteiger partial charge in [0.1, 0.15) is 5.75 Å². The van der Waals surface area contributed by atoms with Crippen molar-refractivity contribution in [2.45, 2.75) is 13.2 Å². The topological polar surface area (TPSA) is 84.9 Å². The zero-order chi connectivity index (χ0) is 19.6. The molecule has 0 saturated heterocycles. The zero-order valence-electron chi connectivity index (χ0n) is 14.7. The standard InChI is InChI=1S/C21H19NO5/c1-3-20(26-4-2)27-16-9-7-8-15(14-16)12-13-19(23)22-18-11-6-5-10-17(18)21(24)25/h1,5-14,20H,4H2,2H3,(H,22,23)(H,24,25)/b13-12+. The Morgan fingerprint density at radius 3 is 2.74 bits per heavy atom. The van der Waals surface area contributed by atoms with Crippen LogP contribution in [0.3, 0.4) is 0 Å². The summed E-state index contributed by atoms with van der Waals surface area (Å²) in [5.74, 6) is 1.33. The normalized spacial score (nSPS) is 11.6. The molecule has 2 rings (SSSR count). The van der Waals surface area contributed by atoms with E-state index in [1.165, 1.54) is 18.2 Å². The lowest BCUT2D eigenvalue weighted by Gasteiger charge is -2.13. The number of para-hydroxylation sites is 1. The number of amides is 1. The van der Waals surface area contributed by atoms with Crippen LogP contribution in [-0.4, -0.2) is 29.9 Å². The van der Waals surface area contributed by atoms with E-state index in [0.717, 1.165) is 0 Å². The molecule has 0 spiro atoms. The van der Waals surface area contributed by atoms with E-state index in [-0.39, 0.29) is 11.3 Å². The summed E-state index contributed by atoms with van der Waals surface area (Å²) < 4.78 is 10.8. The first kappa shape index (κ1) is 19.8. The third-order valence-electron chi connectivity index (χ3n) is 3.40. The Hall–Kier alpha value is -3.56. The molecule has 138 valence electrons. The van der Waals surface area contributed by atoms with E-state index in [1.54, 1.807) is 42.5 Å². The van der Waals surface area contributed by atoms with Gasteiger partial charge in [0.25, 0.3) is 6.29 Å². The average molecular weight is 365 g/mol. The number of carbonyl (C=O) groups excluding carboxylic acids is 1. The van der Waals surface area contributed by atoms with Gasteiger partial charge in [0, 0.05) is 12.7 Å². The molecule has 2 N–H and O–H groups in total. The summed E-state index contributed by atoms with van der Waals surface area (Å²) in [7, 11) is 0. The number of benzene rings is 2. The van der Waals surface area contributed by atoms with E-state index in [9.17, 15) is 9.59 Å². The van der Waals surface area contributed by atoms with Gasteiger partial charge in [0.15, 0.2) is 0 Å². The molecule has 0 heterocycles. The minimum Gasteiger partial charge on any atom is -0.478 e. The van der Waals surface area contributed by atoms with E-state index >= 15 is 0 Å². The highest BCUT2D eigenvalue weighted by atomic mass is 16.7. The van der Waals surface area contributed by atoms with Gasteiger partial charge >= 0.3 is 5.97 Å². The van der Waals surface area contributed by atoms with Crippen LogP contribution in [0.15, 0.2) is 54.6 Å². The third-order valence-corrected chi connectivity index (χ3v) is 3.40. The zero-order valence-corrected chi connectivity index (χ0v) is 14.7. The van der Waals surface area contributed by atoms with E-state index < -0.39 is 18.2 Å². The van der Waals surface area contributed by atoms with Crippen molar-refractivity contribution in [3.8, 4) is 18.1 Å². The summed E-state index contributed by atoms with van der Waals surface area (Å²) in [5, 5.41) is 11.7. The van der Waals surface area contributed by atoms with Crippen molar-refractivity contribution in [1.82, 2.24) is 0 Å². The molecule has 0 aliphatic carbocycles. The Labute approximate surface area is 157 Å². The van der Waals surface area contributed by atoms with Crippen LogP contribution < -0.4 is 10.1 Å². The van der Waals surface area contributed by atoms with E-state index in [0.29, 0.717) is 17.9 Å². The quantitative estimate of drug-likeness (QED) is 0.425. The molecule has 0 aromatic heterocycles. The van der Waals surface area contributed by atoms with Crippen LogP contribution in [0.4, 0.5) is 5.69 Å². The third kappa shape index (κ3) is 6.03. The molecular weight excluding hydrogens is 346 g/mol. The lowest BCUT2D eigenvalue weighted by molar-refractivity contribution is -0.111. The highest BCUT2D eigenvalue weighted by Crippen LogP contribution is 2.17. The molecule has 0 aliphatic heterocycles. The van der Waals surface area contributed by atoms with Crippen molar-refractivity contribution < 1.29 is 24.2 Å². The molecule has 27 heavy (non-hydrogen) atoms. The van der Waals surface area contributed by atoms with Gasteiger partial charge in [0.2, 0.25) is 5.91 Å². The molecule has 0 saturated carbocycles. The highest BCUT2D eigenvalue weighted by Gasteiger charge is 2.10. The summed E-state index contributed by atoms with van der Waals surface area (Å²) in [5.41, 5.74) is 0.956. The first-order chi connectivity index (χ1) is 13.0. The molecule has 6 heteroatoms. The van der Waals surface area contributed by atoms with Crippen molar-refractivity contribution >= 4 is 23.6 Å². The molecular formula is C21H19NO5. The van der Waals surface area contributed by atoms with Crippen LogP contribution in [-0.2, 0) is 9.53 Å². The molecule has 0 bridgehead atoms. The Balaban J connectivity index is 2.05. The Kier molecular flexibility index (Phi) is 7.17. The fourth-order valence-electron chi connectivity index (χ4n) is 2.21. The van der Waals surface area contributed by atoms with Gasteiger partial charge in [-0.05, 0) is 48.7 Å². The number of carboxylic acids is 1. The Morgan fingerprint density at radius 2 is 2.04 bits per heavy atom. The number of aromatic carboxylic acids is 1. The van der Waals surface area contributed by atoms with Gasteiger partial charge in [-0.1, -0.05) is 24.3 Å². The maximum atomic E-state index is 12.1. The van der Waals surface area contributed by atoms with Crippen LogP contribution in [0.1, 0.15) is 22.8 Å². The SMILES string of the molecule is C#CC(OCC)Oc1cccc(/C=C/C(=O)Nc2ccccc2C(=O)O)c1. The van der Waals surface area contributed by atoms with Gasteiger partial charge in [-0.3, -0.25) is 4.79 Å². The van der Waals surface area contributed by atoms with Crippen molar-refractivity contribution in [2.75, 3.05) is 11.9 Å². The maximum Gasteiger partial charge on any atom is 0.337 e. The monoisotopic (exact) mass is 365 g/mol. The van der Waals surface area contributed by atoms with Crippen molar-refractivity contribution in [1.29, 1.82) is 0 Å². The number of rotatable bonds is 8. The summed E-state index contributed by atoms with van der Waals surface area (Å²) in [6, 6.07) is 13.2. The van der Waals surface area contributed by atoms with Crippen LogP contribution in [0.25, 0.3) is 6.08 Å². The van der Waals surface area contributed by atoms with Crippen LogP contribution in [0, 0.1) is 12.3 Å². The molecule has 0 fully saturated rings. The van der Waals surface area contributed by atoms with Crippen LogP contribution in [0.2, 0.25) is 0 Å². The van der Waals surface area contributed by atoms with Crippen molar-refractivity contribution in [3.63, 3.8) is 0 Å². The Morgan fingerprint density at radius 1 is 1.26 bits per heavy atom. The van der Waals surface area contributed by atoms with Crippen molar-refractivity contribution in [3.05, 3.63) is 65.7 Å². The van der Waals surface area contributed by atoms with Gasteiger partial charge in [-0.2, -0.15) is 0 Å². The second kappa shape index (κ2) is 9.80. The van der Waals surface area contributed by atoms with E-state index in [4.69, 9.17) is 21.0 Å². The fourth-order valence-corrected chi connectivity index (χ4v) is 2.21. The number of ether oxygens (including phenoxy) is 2. The predicted molar refractivity (Wildman–Crippen MR) is 102 cm³/mol. The van der Waals surface area contributed by atoms with E-state index in [1.807, 2.05) is 6.92 Å². The number of carbonyl (C=O) groups is 2. The number of terminal acetylenes is 1. The van der Waals surface area contributed by atoms with Crippen LogP contribution >= 0.6 is 0 Å². The molecule has 6 nitrogen and oxygen atoms in total. The minimum absolute atomic E-state index is 0.0193. The highest BCUT2D eigenvalue weighted by molar-refractivity contribution is 6.06. The largest absolute Gasteiger partial charge is 0.478 e. The summed E-state index contributed by atoms with van der Waals surface area (Å²) in [4.78, 5) is 23.3. The van der Waals surface area contributed by atoms with E-state index in [2.05, 4.69) is 11.2 Å². The lowest BCUT2D eigenvalue weighted by atomic mass is 10.1. The number of nitrogens with one attached hydrogen (secondary N) is 1. The first-order valence-electron chi connectivity index (χ1n) is 8.19. The van der Waals surface area contributed by atoms with Gasteiger partial charge in [-0.25, -0.2) is 4.79 Å². The second-order valence-electron chi connectivity index (χ2n) is 5.32. The second-order valence-corrected chi connectivity index (χ2v) is 5.32. The molecule has 0 radical (unpaired) electrons. The Bertz CT molecular complexity index is 882. The fraction of sp³-hybridized carbons (Fsp3) is 0.143. The summed E-state index contributed by atoms with van der Waals surface area (Å²) in [6.45, 7) is 2.24. The number of carboxylic acid groups (broad SMARTS) is 1. The summed E-state index contributed by atoms with van der Waals surface area (Å²) in [6.07, 6.45) is 7.44. The molecule has 1 atom stereocenters. The lowest BCUT2D eigenvalue weighted by Crippen LogP contribution is -2.18. The predicted octanol–water partition coefficient (Wildman–Crippen LogP) is 3.41. The average Bonchev–Trinajstić information content (AvgIpc) is 2.66. The number of hydrogen-bond acceptors (Lipinski definition) is 4. The first-order valence-corrected chi connectivity index (χ1v) is 8.19. The minimum atomic E-state index is -1.11. The maximum absolute atomic E-state index is 12.1. The molecule has 2 aromatic carbocycles. The summed E-state index contributed by atoms with van der Waals surface area (Å²) >= 11 is 0. The van der Waals surface area contributed by atoms with Gasteiger partial charge < -0.3 is 19.9 Å². The molecule has 1 unspecified atom stereocenters. The van der Waals surface area contributed by atoms with Crippen molar-refractivity contribution in [2.24, 2.45) is 0 Å². The number of hydrogen-bond donors (Lipinski definition) is 2. The smallest absolute Gasteiger partial charge is 0.337 e. The van der Waals surface area contributed by atoms with Crippen LogP contribution in [0.5, 0.6) is 5.75 Å². The van der Waals surface area contributed by atoms with Gasteiger partial charge in [-0.15, -0.1) is 6.42 Å². The number of anilines is 1. The molecule has 1 amide bonds. The van der Waals surface area contributed by atoms with Gasteiger partial charge in [0.05, 0.1) is 11.3 Å². The molecule has 2 aromatic rings. The molecule has 0 aliphatic rings.